The van der Waals surface area contributed by atoms with E-state index in [0.717, 1.165) is 72.6 Å². The Morgan fingerprint density at radius 3 is 2.49 bits per heavy atom. The Morgan fingerprint density at radius 1 is 0.919 bits per heavy atom. The number of hydrogen-bond acceptors (Lipinski definition) is 4. The van der Waals surface area contributed by atoms with Gasteiger partial charge >= 0.3 is 0 Å². The molecule has 0 spiro atoms. The summed E-state index contributed by atoms with van der Waals surface area (Å²) in [5, 5.41) is 3.70. The lowest BCUT2D eigenvalue weighted by molar-refractivity contribution is -0.120. The number of halogens is 1. The second kappa shape index (κ2) is 13.7. The maximum Gasteiger partial charge on any atom is 0.224 e. The highest BCUT2D eigenvalue weighted by Crippen LogP contribution is 2.26. The van der Waals surface area contributed by atoms with Crippen molar-refractivity contribution in [2.24, 2.45) is 0 Å². The molecule has 0 unspecified atom stereocenters. The van der Waals surface area contributed by atoms with Crippen LogP contribution in [-0.4, -0.2) is 35.7 Å². The number of rotatable bonds is 14. The van der Waals surface area contributed by atoms with E-state index in [1.807, 2.05) is 54.6 Å². The number of amides is 1. The van der Waals surface area contributed by atoms with E-state index >= 15 is 0 Å². The molecule has 0 aliphatic heterocycles. The second-order valence-electron chi connectivity index (χ2n) is 8.99. The SMILES string of the molecule is COc1ccccc1OCCCn1c(CCCCCNC(=O)Cc2ccc(Cl)cc2)nc2ccccc21. The third-order valence-corrected chi connectivity index (χ3v) is 6.52. The van der Waals surface area contributed by atoms with E-state index in [0.29, 0.717) is 24.6 Å². The Bertz CT molecular complexity index is 1290. The van der Waals surface area contributed by atoms with Gasteiger partial charge < -0.3 is 19.4 Å². The number of nitrogens with one attached hydrogen (secondary N) is 1. The van der Waals surface area contributed by atoms with Crippen LogP contribution in [0.25, 0.3) is 11.0 Å². The monoisotopic (exact) mass is 519 g/mol. The second-order valence-corrected chi connectivity index (χ2v) is 9.42. The van der Waals surface area contributed by atoms with Crippen molar-refractivity contribution in [3.05, 3.63) is 89.2 Å². The van der Waals surface area contributed by atoms with Gasteiger partial charge in [-0.05, 0) is 61.2 Å². The molecule has 0 atom stereocenters. The number of ether oxygens (including phenoxy) is 2. The molecule has 0 fully saturated rings. The van der Waals surface area contributed by atoms with Crippen LogP contribution in [0.15, 0.2) is 72.8 Å². The van der Waals surface area contributed by atoms with E-state index in [9.17, 15) is 4.79 Å². The van der Waals surface area contributed by atoms with Crippen molar-refractivity contribution in [1.29, 1.82) is 0 Å². The van der Waals surface area contributed by atoms with Gasteiger partial charge in [-0.25, -0.2) is 4.98 Å². The first-order chi connectivity index (χ1) is 18.1. The van der Waals surface area contributed by atoms with Gasteiger partial charge in [-0.1, -0.05) is 54.4 Å². The van der Waals surface area contributed by atoms with Crippen molar-refractivity contribution >= 4 is 28.5 Å². The van der Waals surface area contributed by atoms with Crippen LogP contribution in [0.1, 0.15) is 37.1 Å². The highest BCUT2D eigenvalue weighted by Gasteiger charge is 2.11. The van der Waals surface area contributed by atoms with Crippen molar-refractivity contribution in [3.63, 3.8) is 0 Å². The predicted molar refractivity (Wildman–Crippen MR) is 149 cm³/mol. The van der Waals surface area contributed by atoms with Gasteiger partial charge in [0.05, 0.1) is 31.2 Å². The topological polar surface area (TPSA) is 65.4 Å². The van der Waals surface area contributed by atoms with Crippen LogP contribution in [0.3, 0.4) is 0 Å². The summed E-state index contributed by atoms with van der Waals surface area (Å²) in [5.41, 5.74) is 3.15. The number of unbranched alkanes of at least 4 members (excludes halogenated alkanes) is 2. The lowest BCUT2D eigenvalue weighted by Gasteiger charge is -2.12. The molecule has 0 saturated carbocycles. The van der Waals surface area contributed by atoms with E-state index in [4.69, 9.17) is 26.1 Å². The summed E-state index contributed by atoms with van der Waals surface area (Å²) in [5.74, 6) is 2.66. The summed E-state index contributed by atoms with van der Waals surface area (Å²) < 4.78 is 13.7. The zero-order valence-electron chi connectivity index (χ0n) is 21.3. The lowest BCUT2D eigenvalue weighted by atomic mass is 10.1. The van der Waals surface area contributed by atoms with E-state index in [-0.39, 0.29) is 5.91 Å². The lowest BCUT2D eigenvalue weighted by Crippen LogP contribution is -2.26. The molecule has 1 N–H and O–H groups in total. The molecule has 37 heavy (non-hydrogen) atoms. The molecule has 0 radical (unpaired) electrons. The van der Waals surface area contributed by atoms with Crippen LogP contribution < -0.4 is 14.8 Å². The molecule has 1 amide bonds. The molecule has 0 bridgehead atoms. The summed E-state index contributed by atoms with van der Waals surface area (Å²) in [4.78, 5) is 17.1. The number of hydrogen-bond donors (Lipinski definition) is 1. The number of aromatic nitrogens is 2. The normalized spacial score (nSPS) is 11.0. The Kier molecular flexibility index (Phi) is 9.83. The average molecular weight is 520 g/mol. The maximum absolute atomic E-state index is 12.2. The standard InChI is InChI=1S/C30H34ClN3O3/c1-36-27-12-6-7-13-28(27)37-21-9-20-34-26-11-5-4-10-25(26)33-29(34)14-3-2-8-19-32-30(35)22-23-15-17-24(31)18-16-23/h4-7,10-13,15-18H,2-3,8-9,14,19-22H2,1H3,(H,32,35). The molecule has 4 rings (SSSR count). The van der Waals surface area contributed by atoms with Gasteiger partial charge in [-0.3, -0.25) is 4.79 Å². The average Bonchev–Trinajstić information content (AvgIpc) is 3.27. The first-order valence-corrected chi connectivity index (χ1v) is 13.2. The van der Waals surface area contributed by atoms with Crippen LogP contribution in [0.5, 0.6) is 11.5 Å². The number of para-hydroxylation sites is 4. The number of aryl methyl sites for hydroxylation is 2. The number of fused-ring (bicyclic) bond motifs is 1. The zero-order valence-corrected chi connectivity index (χ0v) is 22.0. The largest absolute Gasteiger partial charge is 0.493 e. The zero-order chi connectivity index (χ0) is 25.9. The number of carbonyl (C=O) groups is 1. The summed E-state index contributed by atoms with van der Waals surface area (Å²) in [6, 6.07) is 23.4. The van der Waals surface area contributed by atoms with Gasteiger partial charge in [0.1, 0.15) is 5.82 Å². The fourth-order valence-corrected chi connectivity index (χ4v) is 4.50. The highest BCUT2D eigenvalue weighted by molar-refractivity contribution is 6.30. The summed E-state index contributed by atoms with van der Waals surface area (Å²) in [6.45, 7) is 2.12. The summed E-state index contributed by atoms with van der Waals surface area (Å²) >= 11 is 5.91. The Hall–Kier alpha value is -3.51. The minimum atomic E-state index is 0.0412. The molecule has 0 aliphatic carbocycles. The molecule has 0 aliphatic rings. The van der Waals surface area contributed by atoms with Crippen molar-refractivity contribution < 1.29 is 14.3 Å². The minimum absolute atomic E-state index is 0.0412. The van der Waals surface area contributed by atoms with Gasteiger partial charge in [0.25, 0.3) is 0 Å². The predicted octanol–water partition coefficient (Wildman–Crippen LogP) is 6.24. The molecule has 1 heterocycles. The van der Waals surface area contributed by atoms with Crippen LogP contribution >= 0.6 is 11.6 Å². The van der Waals surface area contributed by atoms with Crippen LogP contribution in [-0.2, 0) is 24.2 Å². The number of carbonyl (C=O) groups excluding carboxylic acids is 1. The smallest absolute Gasteiger partial charge is 0.224 e. The maximum atomic E-state index is 12.2. The molecule has 3 aromatic carbocycles. The third kappa shape index (κ3) is 7.73. The van der Waals surface area contributed by atoms with Crippen LogP contribution in [0.2, 0.25) is 5.02 Å². The number of nitrogens with zero attached hydrogens (tertiary/aromatic N) is 2. The fraction of sp³-hybridized carbons (Fsp3) is 0.333. The molecule has 194 valence electrons. The first kappa shape index (κ1) is 26.6. The van der Waals surface area contributed by atoms with Crippen molar-refractivity contribution in [2.45, 2.75) is 45.1 Å². The van der Waals surface area contributed by atoms with Crippen LogP contribution in [0.4, 0.5) is 0 Å². The molecular weight excluding hydrogens is 486 g/mol. The van der Waals surface area contributed by atoms with E-state index in [1.165, 1.54) is 0 Å². The summed E-state index contributed by atoms with van der Waals surface area (Å²) in [7, 11) is 1.65. The van der Waals surface area contributed by atoms with E-state index < -0.39 is 0 Å². The number of benzene rings is 3. The van der Waals surface area contributed by atoms with Gasteiger partial charge in [-0.15, -0.1) is 0 Å². The Balaban J connectivity index is 1.22. The molecule has 6 nitrogen and oxygen atoms in total. The number of imidazole rings is 1. The highest BCUT2D eigenvalue weighted by atomic mass is 35.5. The third-order valence-electron chi connectivity index (χ3n) is 6.26. The van der Waals surface area contributed by atoms with Gasteiger partial charge in [0.2, 0.25) is 5.91 Å². The van der Waals surface area contributed by atoms with Gasteiger partial charge in [0, 0.05) is 24.5 Å². The van der Waals surface area contributed by atoms with Crippen LogP contribution in [0, 0.1) is 0 Å². The Labute approximate surface area is 223 Å². The van der Waals surface area contributed by atoms with E-state index in [1.54, 1.807) is 7.11 Å². The van der Waals surface area contributed by atoms with Crippen molar-refractivity contribution in [3.8, 4) is 11.5 Å². The van der Waals surface area contributed by atoms with Crippen molar-refractivity contribution in [2.75, 3.05) is 20.3 Å². The molecule has 1 aromatic heterocycles. The van der Waals surface area contributed by atoms with Crippen molar-refractivity contribution in [1.82, 2.24) is 14.9 Å². The molecule has 7 heteroatoms. The summed E-state index contributed by atoms with van der Waals surface area (Å²) in [6.07, 6.45) is 5.14. The molecular formula is C30H34ClN3O3. The van der Waals surface area contributed by atoms with E-state index in [2.05, 4.69) is 28.1 Å². The quantitative estimate of drug-likeness (QED) is 0.200. The molecule has 4 aromatic rings. The number of methoxy groups -OCH3 is 1. The molecule has 0 saturated heterocycles. The Morgan fingerprint density at radius 2 is 1.68 bits per heavy atom. The first-order valence-electron chi connectivity index (χ1n) is 12.8. The van der Waals surface area contributed by atoms with Gasteiger partial charge in [-0.2, -0.15) is 0 Å². The minimum Gasteiger partial charge on any atom is -0.493 e. The fourth-order valence-electron chi connectivity index (χ4n) is 4.37. The van der Waals surface area contributed by atoms with Gasteiger partial charge in [0.15, 0.2) is 11.5 Å².